The molecule has 2 aromatic carbocycles. The zero-order chi connectivity index (χ0) is 28.0. The molecule has 0 bridgehead atoms. The highest BCUT2D eigenvalue weighted by atomic mass is 16.5. The van der Waals surface area contributed by atoms with Gasteiger partial charge >= 0.3 is 0 Å². The number of benzene rings is 2. The van der Waals surface area contributed by atoms with Crippen molar-refractivity contribution in [1.29, 1.82) is 0 Å². The Bertz CT molecular complexity index is 1520. The Kier molecular flexibility index (Phi) is 6.46. The van der Waals surface area contributed by atoms with Crippen LogP contribution in [-0.4, -0.2) is 58.2 Å². The van der Waals surface area contributed by atoms with Crippen molar-refractivity contribution in [3.05, 3.63) is 88.7 Å². The number of carbonyl (C=O) groups excluding carboxylic acids is 3. The summed E-state index contributed by atoms with van der Waals surface area (Å²) in [5, 5.41) is 2.37. The van der Waals surface area contributed by atoms with Gasteiger partial charge in [0.1, 0.15) is 24.1 Å². The second-order valence-electron chi connectivity index (χ2n) is 11.4. The van der Waals surface area contributed by atoms with Gasteiger partial charge in [-0.1, -0.05) is 30.3 Å². The number of amides is 3. The first-order valence-electron chi connectivity index (χ1n) is 14.3. The average molecular weight is 553 g/mol. The van der Waals surface area contributed by atoms with E-state index in [2.05, 4.69) is 33.4 Å². The van der Waals surface area contributed by atoms with Gasteiger partial charge in [-0.05, 0) is 56.6 Å². The number of likely N-dealkylation sites (tertiary alicyclic amines) is 1. The van der Waals surface area contributed by atoms with Crippen molar-refractivity contribution >= 4 is 17.7 Å². The molecule has 9 heteroatoms. The van der Waals surface area contributed by atoms with E-state index in [4.69, 9.17) is 9.47 Å². The predicted octanol–water partition coefficient (Wildman–Crippen LogP) is 3.35. The van der Waals surface area contributed by atoms with Gasteiger partial charge in [-0.15, -0.1) is 0 Å². The summed E-state index contributed by atoms with van der Waals surface area (Å²) in [6, 6.07) is 17.4. The molecule has 41 heavy (non-hydrogen) atoms. The van der Waals surface area contributed by atoms with Crippen LogP contribution in [0.1, 0.15) is 58.4 Å². The predicted molar refractivity (Wildman–Crippen MR) is 149 cm³/mol. The first-order chi connectivity index (χ1) is 20.0. The molecule has 1 unspecified atom stereocenters. The number of carbonyl (C=O) groups is 3. The lowest BCUT2D eigenvalue weighted by atomic mass is 9.74. The molecule has 3 aromatic rings. The third-order valence-electron chi connectivity index (χ3n) is 9.01. The molecule has 5 heterocycles. The van der Waals surface area contributed by atoms with Crippen molar-refractivity contribution in [2.24, 2.45) is 0 Å². The second-order valence-corrected chi connectivity index (χ2v) is 11.4. The monoisotopic (exact) mass is 552 g/mol. The number of aromatic nitrogens is 1. The molecule has 2 fully saturated rings. The van der Waals surface area contributed by atoms with Crippen molar-refractivity contribution in [3.8, 4) is 11.5 Å². The molecular formula is C32H32N4O5. The second kappa shape index (κ2) is 10.3. The lowest BCUT2D eigenvalue weighted by Crippen LogP contribution is -2.52. The van der Waals surface area contributed by atoms with Gasteiger partial charge in [0.15, 0.2) is 0 Å². The first-order valence-corrected chi connectivity index (χ1v) is 14.3. The largest absolute Gasteiger partial charge is 0.492 e. The number of nitrogens with zero attached hydrogens (tertiary/aromatic N) is 3. The molecule has 2 saturated heterocycles. The molecule has 0 aliphatic carbocycles. The van der Waals surface area contributed by atoms with E-state index in [-0.39, 0.29) is 23.7 Å². The SMILES string of the molecule is O=C1CCC(N2Cc3c(ccc4c3OCC43CCN(Cc4ccccc4OCc4ccccn4)CC3)C2=O)C(=O)N1. The molecule has 4 aliphatic rings. The number of fused-ring (bicyclic) bond motifs is 4. The number of pyridine rings is 1. The van der Waals surface area contributed by atoms with Crippen molar-refractivity contribution < 1.29 is 23.9 Å². The van der Waals surface area contributed by atoms with E-state index in [0.717, 1.165) is 60.8 Å². The molecule has 0 radical (unpaired) electrons. The molecule has 9 nitrogen and oxygen atoms in total. The number of rotatable bonds is 6. The molecule has 1 aromatic heterocycles. The Labute approximate surface area is 238 Å². The summed E-state index contributed by atoms with van der Waals surface area (Å²) in [4.78, 5) is 45.8. The van der Waals surface area contributed by atoms with Gasteiger partial charge in [0, 0.05) is 46.8 Å². The zero-order valence-corrected chi connectivity index (χ0v) is 22.8. The summed E-state index contributed by atoms with van der Waals surface area (Å²) in [5.74, 6) is 0.850. The Morgan fingerprint density at radius 3 is 2.66 bits per heavy atom. The summed E-state index contributed by atoms with van der Waals surface area (Å²) < 4.78 is 12.5. The van der Waals surface area contributed by atoms with Crippen molar-refractivity contribution in [2.75, 3.05) is 19.7 Å². The lowest BCUT2D eigenvalue weighted by molar-refractivity contribution is -0.136. The highest BCUT2D eigenvalue weighted by Crippen LogP contribution is 2.49. The van der Waals surface area contributed by atoms with E-state index in [1.54, 1.807) is 11.1 Å². The summed E-state index contributed by atoms with van der Waals surface area (Å²) in [7, 11) is 0. The number of hydrogen-bond donors (Lipinski definition) is 1. The Morgan fingerprint density at radius 1 is 1.02 bits per heavy atom. The van der Waals surface area contributed by atoms with Crippen LogP contribution in [0.4, 0.5) is 0 Å². The van der Waals surface area contributed by atoms with Gasteiger partial charge in [-0.2, -0.15) is 0 Å². The fourth-order valence-electron chi connectivity index (χ4n) is 6.69. The minimum Gasteiger partial charge on any atom is -0.492 e. The maximum atomic E-state index is 13.2. The van der Waals surface area contributed by atoms with Crippen molar-refractivity contribution in [2.45, 2.75) is 56.8 Å². The van der Waals surface area contributed by atoms with Gasteiger partial charge in [0.25, 0.3) is 5.91 Å². The van der Waals surface area contributed by atoms with Gasteiger partial charge in [0.2, 0.25) is 11.8 Å². The molecule has 3 amide bonds. The van der Waals surface area contributed by atoms with E-state index >= 15 is 0 Å². The molecule has 1 atom stereocenters. The van der Waals surface area contributed by atoms with Crippen LogP contribution in [0.15, 0.2) is 60.8 Å². The smallest absolute Gasteiger partial charge is 0.255 e. The van der Waals surface area contributed by atoms with Gasteiger partial charge in [-0.3, -0.25) is 29.6 Å². The fraction of sp³-hybridized carbons (Fsp3) is 0.375. The molecule has 7 rings (SSSR count). The fourth-order valence-corrected chi connectivity index (χ4v) is 6.69. The number of imide groups is 1. The van der Waals surface area contributed by atoms with Crippen LogP contribution in [0.25, 0.3) is 0 Å². The molecule has 4 aliphatic heterocycles. The highest BCUT2D eigenvalue weighted by molar-refractivity contribution is 6.05. The van der Waals surface area contributed by atoms with Crippen LogP contribution < -0.4 is 14.8 Å². The Hall–Kier alpha value is -4.24. The lowest BCUT2D eigenvalue weighted by Gasteiger charge is -2.38. The number of hydrogen-bond acceptors (Lipinski definition) is 7. The van der Waals surface area contributed by atoms with Gasteiger partial charge in [0.05, 0.1) is 18.8 Å². The topological polar surface area (TPSA) is 101 Å². The molecular weight excluding hydrogens is 520 g/mol. The number of piperidine rings is 2. The minimum atomic E-state index is -0.627. The van der Waals surface area contributed by atoms with Crippen LogP contribution in [0.5, 0.6) is 11.5 Å². The van der Waals surface area contributed by atoms with E-state index in [9.17, 15) is 14.4 Å². The maximum Gasteiger partial charge on any atom is 0.255 e. The third kappa shape index (κ3) is 4.64. The third-order valence-corrected chi connectivity index (χ3v) is 9.01. The minimum absolute atomic E-state index is 0.0824. The van der Waals surface area contributed by atoms with Gasteiger partial charge in [-0.25, -0.2) is 0 Å². The van der Waals surface area contributed by atoms with Crippen LogP contribution in [0.3, 0.4) is 0 Å². The molecule has 1 N–H and O–H groups in total. The van der Waals surface area contributed by atoms with Crippen LogP contribution >= 0.6 is 0 Å². The van der Waals surface area contributed by atoms with Crippen LogP contribution in [0.2, 0.25) is 0 Å². The quantitative estimate of drug-likeness (QED) is 0.468. The van der Waals surface area contributed by atoms with E-state index in [1.165, 1.54) is 5.56 Å². The van der Waals surface area contributed by atoms with Crippen molar-refractivity contribution in [3.63, 3.8) is 0 Å². The number of ether oxygens (including phenoxy) is 2. The normalized spacial score (nSPS) is 21.4. The Morgan fingerprint density at radius 2 is 1.85 bits per heavy atom. The first kappa shape index (κ1) is 25.7. The van der Waals surface area contributed by atoms with Crippen LogP contribution in [-0.2, 0) is 34.7 Å². The van der Waals surface area contributed by atoms with Crippen LogP contribution in [0, 0.1) is 0 Å². The standard InChI is InChI=1S/C32H32N4O5/c37-28-11-10-26(30(38)34-28)36-18-24-23(31(36)39)8-9-25-29(24)41-20-32(25)12-15-35(16-13-32)17-21-5-1-2-7-27(21)40-19-22-6-3-4-14-33-22/h1-9,14,26H,10-13,15-20H2,(H,34,37,38). The van der Waals surface area contributed by atoms with E-state index in [1.807, 2.05) is 36.4 Å². The summed E-state index contributed by atoms with van der Waals surface area (Å²) in [5.41, 5.74) is 4.62. The Balaban J connectivity index is 1.03. The zero-order valence-electron chi connectivity index (χ0n) is 22.8. The number of nitrogens with one attached hydrogen (secondary N) is 1. The molecule has 210 valence electrons. The van der Waals surface area contributed by atoms with E-state index < -0.39 is 11.9 Å². The number of para-hydroxylation sites is 1. The molecule has 1 spiro atoms. The van der Waals surface area contributed by atoms with Gasteiger partial charge < -0.3 is 14.4 Å². The maximum absolute atomic E-state index is 13.2. The summed E-state index contributed by atoms with van der Waals surface area (Å²) in [6.45, 7) is 4.03. The summed E-state index contributed by atoms with van der Waals surface area (Å²) in [6.07, 6.45) is 4.29. The molecule has 0 saturated carbocycles. The van der Waals surface area contributed by atoms with Crippen molar-refractivity contribution in [1.82, 2.24) is 20.1 Å². The summed E-state index contributed by atoms with van der Waals surface area (Å²) >= 11 is 0. The highest BCUT2D eigenvalue weighted by Gasteiger charge is 2.47. The average Bonchev–Trinajstić information content (AvgIpc) is 3.52. The van der Waals surface area contributed by atoms with E-state index in [0.29, 0.717) is 31.7 Å².